The lowest BCUT2D eigenvalue weighted by Crippen LogP contribution is -2.17. The van der Waals surface area contributed by atoms with Crippen molar-refractivity contribution in [1.29, 1.82) is 0 Å². The highest BCUT2D eigenvalue weighted by Crippen LogP contribution is 2.24. The summed E-state index contributed by atoms with van der Waals surface area (Å²) in [6.45, 7) is 1.30. The number of fused-ring (bicyclic) bond motifs is 1. The summed E-state index contributed by atoms with van der Waals surface area (Å²) in [6, 6.07) is 15.7. The molecular weight excluding hydrogens is 348 g/mol. The Balaban J connectivity index is 1.42. The van der Waals surface area contributed by atoms with E-state index >= 15 is 0 Å². The smallest absolute Gasteiger partial charge is 0.247 e. The van der Waals surface area contributed by atoms with E-state index in [1.165, 1.54) is 4.70 Å². The Hall–Kier alpha value is -2.77. The highest BCUT2D eigenvalue weighted by molar-refractivity contribution is 7.18. The van der Waals surface area contributed by atoms with Crippen LogP contribution in [0.3, 0.4) is 0 Å². The highest BCUT2D eigenvalue weighted by atomic mass is 32.1. The number of benzene rings is 2. The number of hydrogen-bond acceptors (Lipinski definition) is 7. The molecule has 7 heteroatoms. The van der Waals surface area contributed by atoms with Gasteiger partial charge in [0.05, 0.1) is 30.4 Å². The molecule has 0 N–H and O–H groups in total. The molecule has 6 nitrogen and oxygen atoms in total. The first-order valence-electron chi connectivity index (χ1n) is 8.21. The van der Waals surface area contributed by atoms with Crippen molar-refractivity contribution < 1.29 is 9.15 Å². The third kappa shape index (κ3) is 3.58. The zero-order chi connectivity index (χ0) is 17.9. The van der Waals surface area contributed by atoms with Crippen LogP contribution in [0.1, 0.15) is 10.9 Å². The van der Waals surface area contributed by atoms with E-state index < -0.39 is 0 Å². The Morgan fingerprint density at radius 1 is 1.04 bits per heavy atom. The monoisotopic (exact) mass is 366 g/mol. The van der Waals surface area contributed by atoms with Crippen LogP contribution in [0.4, 0.5) is 0 Å². The molecule has 0 aliphatic carbocycles. The number of para-hydroxylation sites is 1. The van der Waals surface area contributed by atoms with Crippen LogP contribution in [0.15, 0.2) is 52.9 Å². The van der Waals surface area contributed by atoms with Crippen molar-refractivity contribution in [2.75, 3.05) is 14.2 Å². The first-order valence-corrected chi connectivity index (χ1v) is 9.03. The predicted molar refractivity (Wildman–Crippen MR) is 101 cm³/mol. The molecule has 0 bridgehead atoms. The third-order valence-corrected chi connectivity index (χ3v) is 4.97. The molecule has 0 fully saturated rings. The summed E-state index contributed by atoms with van der Waals surface area (Å²) in [6.07, 6.45) is 0. The molecular formula is C19H18N4O2S. The van der Waals surface area contributed by atoms with Crippen molar-refractivity contribution in [3.05, 3.63) is 59.4 Å². The summed E-state index contributed by atoms with van der Waals surface area (Å²) >= 11 is 1.71. The maximum absolute atomic E-state index is 5.79. The molecule has 4 aromatic rings. The fraction of sp³-hybridized carbons (Fsp3) is 0.211. The standard InChI is InChI=1S/C19H18N4O2S/c1-23(12-18-20-15-5-3-4-6-16(15)26-18)11-17-21-22-19(25-17)13-7-9-14(24-2)10-8-13/h3-10H,11-12H2,1-2H3. The Morgan fingerprint density at radius 2 is 1.85 bits per heavy atom. The topological polar surface area (TPSA) is 64.3 Å². The molecule has 0 saturated carbocycles. The van der Waals surface area contributed by atoms with Crippen molar-refractivity contribution in [3.63, 3.8) is 0 Å². The molecule has 0 unspecified atom stereocenters. The van der Waals surface area contributed by atoms with Crippen molar-refractivity contribution >= 4 is 21.6 Å². The van der Waals surface area contributed by atoms with Crippen LogP contribution in [0.2, 0.25) is 0 Å². The van der Waals surface area contributed by atoms with Crippen molar-refractivity contribution in [1.82, 2.24) is 20.1 Å². The molecule has 0 aliphatic heterocycles. The first kappa shape index (κ1) is 16.7. The lowest BCUT2D eigenvalue weighted by Gasteiger charge is -2.11. The fourth-order valence-electron chi connectivity index (χ4n) is 2.67. The Labute approximate surface area is 155 Å². The van der Waals surface area contributed by atoms with E-state index in [0.29, 0.717) is 18.3 Å². The molecule has 2 heterocycles. The lowest BCUT2D eigenvalue weighted by molar-refractivity contribution is 0.282. The summed E-state index contributed by atoms with van der Waals surface area (Å²) in [4.78, 5) is 6.78. The number of nitrogens with zero attached hydrogens (tertiary/aromatic N) is 4. The van der Waals surface area contributed by atoms with Crippen LogP contribution in [-0.2, 0) is 13.1 Å². The number of thiazole rings is 1. The van der Waals surface area contributed by atoms with Crippen molar-refractivity contribution in [2.24, 2.45) is 0 Å². The molecule has 0 atom stereocenters. The summed E-state index contributed by atoms with van der Waals surface area (Å²) < 4.78 is 12.2. The van der Waals surface area contributed by atoms with Gasteiger partial charge in [0.2, 0.25) is 11.8 Å². The largest absolute Gasteiger partial charge is 0.497 e. The summed E-state index contributed by atoms with van der Waals surface area (Å²) in [5.74, 6) is 1.89. The normalized spacial score (nSPS) is 11.3. The Morgan fingerprint density at radius 3 is 2.62 bits per heavy atom. The number of rotatable bonds is 6. The summed E-state index contributed by atoms with van der Waals surface area (Å²) in [5, 5.41) is 9.37. The molecule has 2 aromatic heterocycles. The van der Waals surface area contributed by atoms with Crippen LogP contribution >= 0.6 is 11.3 Å². The first-order chi connectivity index (χ1) is 12.7. The molecule has 132 valence electrons. The molecule has 0 radical (unpaired) electrons. The highest BCUT2D eigenvalue weighted by Gasteiger charge is 2.12. The second-order valence-electron chi connectivity index (χ2n) is 5.98. The minimum atomic E-state index is 0.510. The van der Waals surface area contributed by atoms with Gasteiger partial charge in [0.25, 0.3) is 0 Å². The molecule has 26 heavy (non-hydrogen) atoms. The SMILES string of the molecule is COc1ccc(-c2nnc(CN(C)Cc3nc4ccccc4s3)o2)cc1. The predicted octanol–water partition coefficient (Wildman–Crippen LogP) is 3.99. The van der Waals surface area contributed by atoms with E-state index in [1.54, 1.807) is 18.4 Å². The average Bonchev–Trinajstić information content (AvgIpc) is 3.28. The minimum Gasteiger partial charge on any atom is -0.497 e. The number of ether oxygens (including phenoxy) is 1. The maximum atomic E-state index is 5.79. The van der Waals surface area contributed by atoms with Gasteiger partial charge < -0.3 is 9.15 Å². The van der Waals surface area contributed by atoms with Crippen LogP contribution in [0.25, 0.3) is 21.7 Å². The van der Waals surface area contributed by atoms with Gasteiger partial charge in [-0.2, -0.15) is 0 Å². The molecule has 0 aliphatic rings. The van der Waals surface area contributed by atoms with Crippen molar-refractivity contribution in [3.8, 4) is 17.2 Å². The zero-order valence-corrected chi connectivity index (χ0v) is 15.4. The zero-order valence-electron chi connectivity index (χ0n) is 14.5. The lowest BCUT2D eigenvalue weighted by atomic mass is 10.2. The summed E-state index contributed by atoms with van der Waals surface area (Å²) in [7, 11) is 3.66. The van der Waals surface area contributed by atoms with E-state index in [-0.39, 0.29) is 0 Å². The van der Waals surface area contributed by atoms with E-state index in [0.717, 1.165) is 28.4 Å². The van der Waals surface area contributed by atoms with Gasteiger partial charge in [0.1, 0.15) is 10.8 Å². The second-order valence-corrected chi connectivity index (χ2v) is 7.09. The molecule has 0 saturated heterocycles. The van der Waals surface area contributed by atoms with Gasteiger partial charge in [-0.3, -0.25) is 4.90 Å². The quantitative estimate of drug-likeness (QED) is 0.514. The van der Waals surface area contributed by atoms with Gasteiger partial charge in [-0.15, -0.1) is 21.5 Å². The van der Waals surface area contributed by atoms with E-state index in [9.17, 15) is 0 Å². The van der Waals surface area contributed by atoms with Gasteiger partial charge in [0.15, 0.2) is 0 Å². The Kier molecular flexibility index (Phi) is 4.64. The van der Waals surface area contributed by atoms with E-state index in [4.69, 9.17) is 9.15 Å². The van der Waals surface area contributed by atoms with Crippen LogP contribution in [0, 0.1) is 0 Å². The van der Waals surface area contributed by atoms with Crippen LogP contribution in [-0.4, -0.2) is 34.2 Å². The molecule has 0 amide bonds. The van der Waals surface area contributed by atoms with Crippen LogP contribution in [0.5, 0.6) is 5.75 Å². The van der Waals surface area contributed by atoms with E-state index in [1.807, 2.05) is 49.5 Å². The third-order valence-electron chi connectivity index (χ3n) is 3.95. The maximum Gasteiger partial charge on any atom is 0.247 e. The van der Waals surface area contributed by atoms with Crippen molar-refractivity contribution in [2.45, 2.75) is 13.1 Å². The Bertz CT molecular complexity index is 977. The van der Waals surface area contributed by atoms with Gasteiger partial charge in [0, 0.05) is 5.56 Å². The van der Waals surface area contributed by atoms with Gasteiger partial charge in [-0.25, -0.2) is 4.98 Å². The number of methoxy groups -OCH3 is 1. The van der Waals surface area contributed by atoms with Gasteiger partial charge >= 0.3 is 0 Å². The number of aromatic nitrogens is 3. The molecule has 0 spiro atoms. The minimum absolute atomic E-state index is 0.510. The number of hydrogen-bond donors (Lipinski definition) is 0. The fourth-order valence-corrected chi connectivity index (χ4v) is 3.72. The second kappa shape index (κ2) is 7.23. The summed E-state index contributed by atoms with van der Waals surface area (Å²) in [5.41, 5.74) is 1.92. The van der Waals surface area contributed by atoms with Crippen LogP contribution < -0.4 is 4.74 Å². The molecule has 4 rings (SSSR count). The van der Waals surface area contributed by atoms with Gasteiger partial charge in [-0.05, 0) is 43.4 Å². The van der Waals surface area contributed by atoms with E-state index in [2.05, 4.69) is 26.1 Å². The van der Waals surface area contributed by atoms with Gasteiger partial charge in [-0.1, -0.05) is 12.1 Å². The molecule has 2 aromatic carbocycles. The average molecular weight is 366 g/mol.